The van der Waals surface area contributed by atoms with Crippen molar-refractivity contribution in [3.63, 3.8) is 0 Å². The molecule has 0 N–H and O–H groups in total. The number of rotatable bonds is 6. The SMILES string of the molecule is CCCC(CCC)=C(C1CC2CCCCC2C1)C1CC2CCCCC2C1. The van der Waals surface area contributed by atoms with Crippen LogP contribution in [0, 0.1) is 35.5 Å². The fraction of sp³-hybridized carbons (Fsp3) is 0.923. The van der Waals surface area contributed by atoms with Crippen LogP contribution < -0.4 is 0 Å². The van der Waals surface area contributed by atoms with E-state index in [1.807, 2.05) is 5.57 Å². The minimum absolute atomic E-state index is 0.987. The molecular formula is C26H44. The Balaban J connectivity index is 1.58. The van der Waals surface area contributed by atoms with Gasteiger partial charge in [0.05, 0.1) is 0 Å². The first-order chi connectivity index (χ1) is 12.8. The van der Waals surface area contributed by atoms with Crippen LogP contribution in [0.5, 0.6) is 0 Å². The van der Waals surface area contributed by atoms with Crippen LogP contribution in [0.15, 0.2) is 11.1 Å². The zero-order valence-corrected chi connectivity index (χ0v) is 17.8. The van der Waals surface area contributed by atoms with E-state index < -0.39 is 0 Å². The van der Waals surface area contributed by atoms with Crippen molar-refractivity contribution in [1.29, 1.82) is 0 Å². The van der Waals surface area contributed by atoms with Crippen LogP contribution >= 0.6 is 0 Å². The Kier molecular flexibility index (Phi) is 6.48. The zero-order valence-electron chi connectivity index (χ0n) is 17.8. The molecule has 0 aromatic rings. The van der Waals surface area contributed by atoms with Crippen LogP contribution in [-0.4, -0.2) is 0 Å². The predicted octanol–water partition coefficient (Wildman–Crippen LogP) is 8.32. The standard InChI is InChI=1S/C26H44/c1-3-9-19(10-4-2)26(24-15-20-11-5-6-12-21(20)16-24)25-17-22-13-7-8-14-23(22)18-25/h20-25H,3-18H2,1-2H3. The van der Waals surface area contributed by atoms with Crippen molar-refractivity contribution < 1.29 is 0 Å². The van der Waals surface area contributed by atoms with Gasteiger partial charge in [-0.2, -0.15) is 0 Å². The average molecular weight is 357 g/mol. The monoisotopic (exact) mass is 356 g/mol. The largest absolute Gasteiger partial charge is 0.0705 e. The Morgan fingerprint density at radius 2 is 0.923 bits per heavy atom. The summed E-state index contributed by atoms with van der Waals surface area (Å²) in [6.45, 7) is 4.83. The van der Waals surface area contributed by atoms with E-state index in [1.54, 1.807) is 51.4 Å². The maximum atomic E-state index is 2.41. The molecule has 0 saturated heterocycles. The second-order valence-corrected chi connectivity index (χ2v) is 10.5. The molecule has 4 aliphatic carbocycles. The van der Waals surface area contributed by atoms with Crippen molar-refractivity contribution in [2.75, 3.05) is 0 Å². The van der Waals surface area contributed by atoms with Crippen LogP contribution in [0.4, 0.5) is 0 Å². The lowest BCUT2D eigenvalue weighted by Gasteiger charge is -2.27. The molecule has 0 amide bonds. The highest BCUT2D eigenvalue weighted by molar-refractivity contribution is 5.24. The minimum Gasteiger partial charge on any atom is -0.0705 e. The van der Waals surface area contributed by atoms with E-state index >= 15 is 0 Å². The number of fused-ring (bicyclic) bond motifs is 2. The molecule has 4 fully saturated rings. The molecule has 0 aromatic heterocycles. The summed E-state index contributed by atoms with van der Waals surface area (Å²) in [6, 6.07) is 0. The molecule has 148 valence electrons. The highest BCUT2D eigenvalue weighted by Gasteiger charge is 2.43. The van der Waals surface area contributed by atoms with Crippen molar-refractivity contribution in [3.05, 3.63) is 11.1 Å². The number of hydrogen-bond acceptors (Lipinski definition) is 0. The maximum absolute atomic E-state index is 2.41. The van der Waals surface area contributed by atoms with Crippen molar-refractivity contribution in [1.82, 2.24) is 0 Å². The molecule has 4 unspecified atom stereocenters. The summed E-state index contributed by atoms with van der Waals surface area (Å²) in [6.07, 6.45) is 24.1. The summed E-state index contributed by atoms with van der Waals surface area (Å²) in [7, 11) is 0. The summed E-state index contributed by atoms with van der Waals surface area (Å²) in [5.74, 6) is 6.35. The van der Waals surface area contributed by atoms with Crippen molar-refractivity contribution in [3.8, 4) is 0 Å². The predicted molar refractivity (Wildman–Crippen MR) is 113 cm³/mol. The van der Waals surface area contributed by atoms with Gasteiger partial charge in [0, 0.05) is 0 Å². The fourth-order valence-electron chi connectivity index (χ4n) is 7.90. The molecule has 26 heavy (non-hydrogen) atoms. The first-order valence-electron chi connectivity index (χ1n) is 12.5. The quantitative estimate of drug-likeness (QED) is 0.420. The fourth-order valence-corrected chi connectivity index (χ4v) is 7.90. The van der Waals surface area contributed by atoms with Crippen molar-refractivity contribution >= 4 is 0 Å². The van der Waals surface area contributed by atoms with Crippen LogP contribution in [0.25, 0.3) is 0 Å². The van der Waals surface area contributed by atoms with Crippen LogP contribution in [0.1, 0.15) is 117 Å². The van der Waals surface area contributed by atoms with E-state index in [-0.39, 0.29) is 0 Å². The molecular weight excluding hydrogens is 312 g/mol. The van der Waals surface area contributed by atoms with Gasteiger partial charge in [-0.15, -0.1) is 0 Å². The molecule has 4 aliphatic rings. The van der Waals surface area contributed by atoms with Crippen LogP contribution in [0.2, 0.25) is 0 Å². The first-order valence-corrected chi connectivity index (χ1v) is 12.5. The zero-order chi connectivity index (χ0) is 17.9. The molecule has 0 aromatic carbocycles. The first kappa shape index (κ1) is 19.1. The lowest BCUT2D eigenvalue weighted by molar-refractivity contribution is 0.277. The average Bonchev–Trinajstić information content (AvgIpc) is 3.26. The van der Waals surface area contributed by atoms with Gasteiger partial charge in [-0.3, -0.25) is 0 Å². The molecule has 0 aliphatic heterocycles. The molecule has 0 nitrogen and oxygen atoms in total. The molecule has 4 saturated carbocycles. The smallest absolute Gasteiger partial charge is 0.0192 e. The van der Waals surface area contributed by atoms with Crippen molar-refractivity contribution in [2.45, 2.75) is 117 Å². The number of allylic oxidation sites excluding steroid dienone is 2. The van der Waals surface area contributed by atoms with Gasteiger partial charge in [0.25, 0.3) is 0 Å². The minimum atomic E-state index is 0.987. The molecule has 4 atom stereocenters. The Morgan fingerprint density at radius 1 is 0.577 bits per heavy atom. The van der Waals surface area contributed by atoms with Gasteiger partial charge in [0.15, 0.2) is 0 Å². The third-order valence-electron chi connectivity index (χ3n) is 8.87. The molecule has 0 heterocycles. The summed E-state index contributed by atoms with van der Waals surface area (Å²) in [5, 5.41) is 0. The van der Waals surface area contributed by atoms with Gasteiger partial charge in [-0.05, 0) is 74.0 Å². The lowest BCUT2D eigenvalue weighted by atomic mass is 9.79. The van der Waals surface area contributed by atoms with Gasteiger partial charge >= 0.3 is 0 Å². The summed E-state index contributed by atoms with van der Waals surface area (Å²) in [5.41, 5.74) is 4.01. The van der Waals surface area contributed by atoms with Gasteiger partial charge in [-0.25, -0.2) is 0 Å². The third-order valence-corrected chi connectivity index (χ3v) is 8.87. The van der Waals surface area contributed by atoms with E-state index in [1.165, 1.54) is 51.4 Å². The highest BCUT2D eigenvalue weighted by Crippen LogP contribution is 2.55. The second-order valence-electron chi connectivity index (χ2n) is 10.5. The Hall–Kier alpha value is -0.260. The highest BCUT2D eigenvalue weighted by atomic mass is 14.5. The van der Waals surface area contributed by atoms with Gasteiger partial charge in [-0.1, -0.05) is 89.2 Å². The van der Waals surface area contributed by atoms with Crippen LogP contribution in [0.3, 0.4) is 0 Å². The maximum Gasteiger partial charge on any atom is -0.0192 e. The second kappa shape index (κ2) is 8.83. The molecule has 4 rings (SSSR count). The van der Waals surface area contributed by atoms with Gasteiger partial charge in [0.1, 0.15) is 0 Å². The van der Waals surface area contributed by atoms with E-state index in [0.29, 0.717) is 0 Å². The molecule has 0 spiro atoms. The van der Waals surface area contributed by atoms with E-state index in [2.05, 4.69) is 19.4 Å². The van der Waals surface area contributed by atoms with Gasteiger partial charge in [0.2, 0.25) is 0 Å². The summed E-state index contributed by atoms with van der Waals surface area (Å²) >= 11 is 0. The third kappa shape index (κ3) is 3.95. The van der Waals surface area contributed by atoms with Crippen LogP contribution in [-0.2, 0) is 0 Å². The Morgan fingerprint density at radius 3 is 1.23 bits per heavy atom. The van der Waals surface area contributed by atoms with Crippen molar-refractivity contribution in [2.24, 2.45) is 35.5 Å². The van der Waals surface area contributed by atoms with Gasteiger partial charge < -0.3 is 0 Å². The van der Waals surface area contributed by atoms with E-state index in [4.69, 9.17) is 0 Å². The Labute approximate surface area is 163 Å². The Bertz CT molecular complexity index is 416. The topological polar surface area (TPSA) is 0 Å². The summed E-state index contributed by atoms with van der Waals surface area (Å²) < 4.78 is 0. The lowest BCUT2D eigenvalue weighted by Crippen LogP contribution is -2.13. The normalized spacial score (nSPS) is 39.5. The van der Waals surface area contributed by atoms with E-state index in [0.717, 1.165) is 35.5 Å². The summed E-state index contributed by atoms with van der Waals surface area (Å²) in [4.78, 5) is 0. The molecule has 0 bridgehead atoms. The van der Waals surface area contributed by atoms with E-state index in [9.17, 15) is 0 Å². The molecule has 0 heteroatoms. The number of hydrogen-bond donors (Lipinski definition) is 0. The molecule has 0 radical (unpaired) electrons.